The van der Waals surface area contributed by atoms with Crippen LogP contribution in [-0.4, -0.2) is 0 Å². The van der Waals surface area contributed by atoms with Gasteiger partial charge in [-0.1, -0.05) is 25.7 Å². The van der Waals surface area contributed by atoms with Crippen LogP contribution in [0.25, 0.3) is 0 Å². The normalized spacial score (nSPS) is 30.0. The van der Waals surface area contributed by atoms with E-state index in [1.807, 2.05) is 5.92 Å². The van der Waals surface area contributed by atoms with E-state index < -0.39 is 0 Å². The first-order valence-electron chi connectivity index (χ1n) is 4.81. The van der Waals surface area contributed by atoms with E-state index >= 15 is 0 Å². The first-order valence-corrected chi connectivity index (χ1v) is 4.81. The summed E-state index contributed by atoms with van der Waals surface area (Å²) >= 11 is 0. The van der Waals surface area contributed by atoms with Crippen molar-refractivity contribution in [3.63, 3.8) is 0 Å². The van der Waals surface area contributed by atoms with Crippen LogP contribution in [-0.2, 0) is 0 Å². The van der Waals surface area contributed by atoms with Crippen LogP contribution < -0.4 is 0 Å². The van der Waals surface area contributed by atoms with Gasteiger partial charge in [-0.05, 0) is 37.5 Å². The van der Waals surface area contributed by atoms with Gasteiger partial charge in [0.1, 0.15) is 0 Å². The van der Waals surface area contributed by atoms with E-state index in [1.165, 1.54) is 51.4 Å². The maximum absolute atomic E-state index is 1.93. The minimum atomic E-state index is 1.10. The van der Waals surface area contributed by atoms with Crippen molar-refractivity contribution >= 4 is 0 Å². The molecular formula is C10H17. The van der Waals surface area contributed by atoms with Crippen LogP contribution in [0.15, 0.2) is 0 Å². The van der Waals surface area contributed by atoms with Crippen molar-refractivity contribution in [3.8, 4) is 0 Å². The third-order valence-corrected chi connectivity index (χ3v) is 2.90. The predicted octanol–water partition coefficient (Wildman–Crippen LogP) is 3.33. The van der Waals surface area contributed by atoms with E-state index in [1.54, 1.807) is 0 Å². The average molecular weight is 137 g/mol. The van der Waals surface area contributed by atoms with Gasteiger partial charge < -0.3 is 0 Å². The summed E-state index contributed by atoms with van der Waals surface area (Å²) in [6.07, 6.45) is 12.0. The topological polar surface area (TPSA) is 0 Å². The molecule has 0 saturated heterocycles. The molecule has 0 N–H and O–H groups in total. The number of hydrogen-bond acceptors (Lipinski definition) is 0. The average Bonchev–Trinajstić information content (AvgIpc) is 2.76. The summed E-state index contributed by atoms with van der Waals surface area (Å²) in [7, 11) is 0. The lowest BCUT2D eigenvalue weighted by atomic mass is 9.95. The van der Waals surface area contributed by atoms with Crippen LogP contribution in [0.1, 0.15) is 51.4 Å². The molecule has 57 valence electrons. The molecule has 0 heteroatoms. The van der Waals surface area contributed by atoms with Crippen LogP contribution in [0.2, 0.25) is 0 Å². The molecule has 0 unspecified atom stereocenters. The zero-order chi connectivity index (χ0) is 6.81. The van der Waals surface area contributed by atoms with Gasteiger partial charge >= 0.3 is 0 Å². The zero-order valence-corrected chi connectivity index (χ0v) is 6.73. The molecule has 0 spiro atoms. The summed E-state index contributed by atoms with van der Waals surface area (Å²) in [4.78, 5) is 0. The fourth-order valence-corrected chi connectivity index (χ4v) is 2.08. The van der Waals surface area contributed by atoms with E-state index in [2.05, 4.69) is 0 Å². The standard InChI is InChI=1S/C10H17/c1-2-4-6-9(5-3-1)10-7-8-10/h10H,1-8H2. The second kappa shape index (κ2) is 2.94. The lowest BCUT2D eigenvalue weighted by molar-refractivity contribution is 0.647. The van der Waals surface area contributed by atoms with Crippen molar-refractivity contribution in [2.24, 2.45) is 5.92 Å². The largest absolute Gasteiger partial charge is 0.0533 e. The molecule has 0 aromatic carbocycles. The Labute approximate surface area is 64.0 Å². The fourth-order valence-electron chi connectivity index (χ4n) is 2.08. The van der Waals surface area contributed by atoms with Gasteiger partial charge in [0.2, 0.25) is 0 Å². The molecule has 0 aliphatic heterocycles. The third-order valence-electron chi connectivity index (χ3n) is 2.90. The van der Waals surface area contributed by atoms with Gasteiger partial charge in [-0.2, -0.15) is 0 Å². The van der Waals surface area contributed by atoms with Gasteiger partial charge in [-0.15, -0.1) is 0 Å². The second-order valence-corrected chi connectivity index (χ2v) is 3.85. The van der Waals surface area contributed by atoms with Gasteiger partial charge in [0, 0.05) is 0 Å². The Morgan fingerprint density at radius 3 is 1.90 bits per heavy atom. The lowest BCUT2D eigenvalue weighted by Crippen LogP contribution is -1.96. The monoisotopic (exact) mass is 137 g/mol. The van der Waals surface area contributed by atoms with Gasteiger partial charge in [-0.3, -0.25) is 0 Å². The summed E-state index contributed by atoms with van der Waals surface area (Å²) in [5.74, 6) is 3.02. The molecule has 0 aromatic heterocycles. The van der Waals surface area contributed by atoms with E-state index in [4.69, 9.17) is 0 Å². The van der Waals surface area contributed by atoms with Gasteiger partial charge in [-0.25, -0.2) is 0 Å². The second-order valence-electron chi connectivity index (χ2n) is 3.85. The molecule has 0 atom stereocenters. The van der Waals surface area contributed by atoms with E-state index in [-0.39, 0.29) is 0 Å². The molecule has 0 aromatic rings. The molecule has 2 aliphatic carbocycles. The van der Waals surface area contributed by atoms with Crippen molar-refractivity contribution < 1.29 is 0 Å². The summed E-state index contributed by atoms with van der Waals surface area (Å²) in [6.45, 7) is 0. The Hall–Kier alpha value is 0. The highest BCUT2D eigenvalue weighted by molar-refractivity contribution is 5.03. The Balaban J connectivity index is 1.81. The van der Waals surface area contributed by atoms with E-state index in [0.717, 1.165) is 5.92 Å². The van der Waals surface area contributed by atoms with Crippen LogP contribution in [0.3, 0.4) is 0 Å². The first-order chi connectivity index (χ1) is 4.97. The fraction of sp³-hybridized carbons (Fsp3) is 0.900. The molecule has 10 heavy (non-hydrogen) atoms. The minimum Gasteiger partial charge on any atom is -0.0533 e. The van der Waals surface area contributed by atoms with Crippen LogP contribution >= 0.6 is 0 Å². The Morgan fingerprint density at radius 1 is 0.800 bits per heavy atom. The molecule has 2 fully saturated rings. The van der Waals surface area contributed by atoms with Crippen molar-refractivity contribution in [2.75, 3.05) is 0 Å². The molecule has 0 amide bonds. The Morgan fingerprint density at radius 2 is 1.40 bits per heavy atom. The number of hydrogen-bond donors (Lipinski definition) is 0. The molecule has 1 radical (unpaired) electrons. The van der Waals surface area contributed by atoms with Crippen molar-refractivity contribution in [2.45, 2.75) is 51.4 Å². The quantitative estimate of drug-likeness (QED) is 0.486. The van der Waals surface area contributed by atoms with Gasteiger partial charge in [0.05, 0.1) is 0 Å². The molecule has 2 saturated carbocycles. The molecule has 2 rings (SSSR count). The lowest BCUT2D eigenvalue weighted by Gasteiger charge is -2.10. The van der Waals surface area contributed by atoms with Gasteiger partial charge in [0.15, 0.2) is 0 Å². The third kappa shape index (κ3) is 1.53. The van der Waals surface area contributed by atoms with Crippen LogP contribution in [0.4, 0.5) is 0 Å². The molecular weight excluding hydrogens is 120 g/mol. The van der Waals surface area contributed by atoms with E-state index in [9.17, 15) is 0 Å². The van der Waals surface area contributed by atoms with Gasteiger partial charge in [0.25, 0.3) is 0 Å². The summed E-state index contributed by atoms with van der Waals surface area (Å²) in [6, 6.07) is 0. The zero-order valence-electron chi connectivity index (χ0n) is 6.73. The highest BCUT2D eigenvalue weighted by Gasteiger charge is 2.31. The van der Waals surface area contributed by atoms with Crippen LogP contribution in [0, 0.1) is 11.8 Å². The molecule has 0 bridgehead atoms. The highest BCUT2D eigenvalue weighted by Crippen LogP contribution is 2.44. The summed E-state index contributed by atoms with van der Waals surface area (Å²) in [5, 5.41) is 0. The Bertz CT molecular complexity index is 94.6. The maximum atomic E-state index is 1.93. The smallest absolute Gasteiger partial charge is 0.0210 e. The van der Waals surface area contributed by atoms with E-state index in [0.29, 0.717) is 0 Å². The van der Waals surface area contributed by atoms with Crippen molar-refractivity contribution in [1.82, 2.24) is 0 Å². The highest BCUT2D eigenvalue weighted by atomic mass is 14.4. The Kier molecular flexibility index (Phi) is 1.97. The predicted molar refractivity (Wildman–Crippen MR) is 43.7 cm³/mol. The van der Waals surface area contributed by atoms with Crippen molar-refractivity contribution in [3.05, 3.63) is 5.92 Å². The molecule has 2 aliphatic rings. The first kappa shape index (κ1) is 6.69. The molecule has 0 heterocycles. The van der Waals surface area contributed by atoms with Crippen LogP contribution in [0.5, 0.6) is 0 Å². The maximum Gasteiger partial charge on any atom is -0.0210 e. The summed E-state index contributed by atoms with van der Waals surface area (Å²) in [5.41, 5.74) is 0. The minimum absolute atomic E-state index is 1.10. The SMILES string of the molecule is C1CCC[C](C2CC2)CC1. The number of rotatable bonds is 1. The van der Waals surface area contributed by atoms with Crippen molar-refractivity contribution in [1.29, 1.82) is 0 Å². The summed E-state index contributed by atoms with van der Waals surface area (Å²) < 4.78 is 0. The molecule has 0 nitrogen and oxygen atoms in total.